The molecule has 1 atom stereocenters. The largest absolute Gasteiger partial charge is 0.354 e. The first-order chi connectivity index (χ1) is 10.5. The number of nitrogens with one attached hydrogen (secondary N) is 1. The molecule has 1 unspecified atom stereocenters. The minimum absolute atomic E-state index is 0.0645. The molecule has 0 spiro atoms. The smallest absolute Gasteiger partial charge is 0.229 e. The maximum Gasteiger partial charge on any atom is 0.229 e. The number of amides is 1. The molecule has 0 aliphatic carbocycles. The van der Waals surface area contributed by atoms with Crippen LogP contribution in [0.2, 0.25) is 10.0 Å². The Kier molecular flexibility index (Phi) is 6.81. The Morgan fingerprint density at radius 3 is 2.77 bits per heavy atom. The summed E-state index contributed by atoms with van der Waals surface area (Å²) in [6.07, 6.45) is 3.92. The molecule has 0 aliphatic rings. The highest BCUT2D eigenvalue weighted by molar-refractivity contribution is 7.81. The number of nitrogens with zero attached hydrogens (tertiary/aromatic N) is 1. The van der Waals surface area contributed by atoms with Gasteiger partial charge >= 0.3 is 0 Å². The fraction of sp³-hybridized carbons (Fsp3) is 0.400. The Hall–Kier alpha value is -0.490. The second kappa shape index (κ2) is 8.39. The first-order valence-electron chi connectivity index (χ1n) is 7.00. The van der Waals surface area contributed by atoms with Crippen LogP contribution < -0.4 is 5.32 Å². The quantitative estimate of drug-likeness (QED) is 0.625. The third kappa shape index (κ3) is 4.75. The highest BCUT2D eigenvalue weighted by atomic mass is 35.5. The number of fused-ring (bicyclic) bond motifs is 1. The highest BCUT2D eigenvalue weighted by Crippen LogP contribution is 2.28. The molecular formula is C15H18Cl2N2OS2. The number of thiol groups is 2. The van der Waals surface area contributed by atoms with Crippen LogP contribution in [0.25, 0.3) is 10.9 Å². The topological polar surface area (TPSA) is 34.0 Å². The van der Waals surface area contributed by atoms with Gasteiger partial charge in [0.2, 0.25) is 5.91 Å². The van der Waals surface area contributed by atoms with E-state index in [1.165, 1.54) is 0 Å². The van der Waals surface area contributed by atoms with Crippen LogP contribution >= 0.6 is 48.5 Å². The zero-order valence-electron chi connectivity index (χ0n) is 11.9. The summed E-state index contributed by atoms with van der Waals surface area (Å²) >= 11 is 20.5. The van der Waals surface area contributed by atoms with E-state index in [9.17, 15) is 4.79 Å². The maximum atomic E-state index is 11.1. The van der Waals surface area contributed by atoms with Crippen LogP contribution in [0, 0.1) is 0 Å². The predicted molar refractivity (Wildman–Crippen MR) is 101 cm³/mol. The molecule has 0 radical (unpaired) electrons. The van der Waals surface area contributed by atoms with Crippen molar-refractivity contribution in [2.75, 3.05) is 12.3 Å². The van der Waals surface area contributed by atoms with Gasteiger partial charge in [0, 0.05) is 35.4 Å². The SMILES string of the molecule is O=C(CS)NCC(S)CCCn1ccc2cc(Cl)c(Cl)cc21. The van der Waals surface area contributed by atoms with Crippen molar-refractivity contribution in [3.8, 4) is 0 Å². The molecule has 0 saturated heterocycles. The second-order valence-corrected chi connectivity index (χ2v) is 6.95. The fourth-order valence-corrected chi connectivity index (χ4v) is 2.98. The summed E-state index contributed by atoms with van der Waals surface area (Å²) in [7, 11) is 0. The van der Waals surface area contributed by atoms with Crippen molar-refractivity contribution in [1.82, 2.24) is 9.88 Å². The van der Waals surface area contributed by atoms with E-state index in [1.54, 1.807) is 0 Å². The first-order valence-corrected chi connectivity index (χ1v) is 8.91. The first kappa shape index (κ1) is 17.9. The van der Waals surface area contributed by atoms with Crippen molar-refractivity contribution < 1.29 is 4.79 Å². The van der Waals surface area contributed by atoms with E-state index >= 15 is 0 Å². The van der Waals surface area contributed by atoms with Crippen LogP contribution in [0.15, 0.2) is 24.4 Å². The normalized spacial score (nSPS) is 12.5. The van der Waals surface area contributed by atoms with Gasteiger partial charge in [0.05, 0.1) is 15.8 Å². The molecular weight excluding hydrogens is 359 g/mol. The van der Waals surface area contributed by atoms with Crippen molar-refractivity contribution >= 4 is 65.3 Å². The molecule has 2 aromatic rings. The number of hydrogen-bond donors (Lipinski definition) is 3. The summed E-state index contributed by atoms with van der Waals surface area (Å²) in [5.74, 6) is 0.143. The Morgan fingerprint density at radius 2 is 2.05 bits per heavy atom. The van der Waals surface area contributed by atoms with E-state index in [2.05, 4.69) is 35.1 Å². The minimum atomic E-state index is -0.0645. The lowest BCUT2D eigenvalue weighted by Gasteiger charge is -2.12. The molecule has 0 aliphatic heterocycles. The number of rotatable bonds is 7. The highest BCUT2D eigenvalue weighted by Gasteiger charge is 2.08. The average molecular weight is 377 g/mol. The number of benzene rings is 1. The van der Waals surface area contributed by atoms with E-state index in [1.807, 2.05) is 24.4 Å². The van der Waals surface area contributed by atoms with Crippen LogP contribution in [0.5, 0.6) is 0 Å². The summed E-state index contributed by atoms with van der Waals surface area (Å²) in [6.45, 7) is 1.44. The van der Waals surface area contributed by atoms with E-state index in [-0.39, 0.29) is 16.9 Å². The number of halogens is 2. The monoisotopic (exact) mass is 376 g/mol. The summed E-state index contributed by atoms with van der Waals surface area (Å²) in [5, 5.41) is 5.15. The summed E-state index contributed by atoms with van der Waals surface area (Å²) in [4.78, 5) is 11.1. The Balaban J connectivity index is 1.87. The van der Waals surface area contributed by atoms with Gasteiger partial charge in [0.1, 0.15) is 0 Å². The zero-order chi connectivity index (χ0) is 16.1. The molecule has 22 heavy (non-hydrogen) atoms. The molecule has 1 amide bonds. The molecule has 0 fully saturated rings. The summed E-state index contributed by atoms with van der Waals surface area (Å²) in [6, 6.07) is 5.80. The summed E-state index contributed by atoms with van der Waals surface area (Å²) < 4.78 is 2.16. The molecule has 1 N–H and O–H groups in total. The van der Waals surface area contributed by atoms with Gasteiger partial charge in [-0.1, -0.05) is 23.2 Å². The van der Waals surface area contributed by atoms with Gasteiger partial charge in [0.15, 0.2) is 0 Å². The number of hydrogen-bond acceptors (Lipinski definition) is 3. The minimum Gasteiger partial charge on any atom is -0.354 e. The molecule has 1 heterocycles. The second-order valence-electron chi connectivity index (χ2n) is 5.09. The van der Waals surface area contributed by atoms with Gasteiger partial charge in [0.25, 0.3) is 0 Å². The predicted octanol–water partition coefficient (Wildman–Crippen LogP) is 4.07. The number of aromatic nitrogens is 1. The van der Waals surface area contributed by atoms with Crippen molar-refractivity contribution in [1.29, 1.82) is 0 Å². The Labute approximate surface area is 151 Å². The van der Waals surface area contributed by atoms with Crippen LogP contribution in [0.3, 0.4) is 0 Å². The molecule has 1 aromatic carbocycles. The van der Waals surface area contributed by atoms with E-state index in [0.717, 1.165) is 30.3 Å². The van der Waals surface area contributed by atoms with Crippen LogP contribution in [0.1, 0.15) is 12.8 Å². The lowest BCUT2D eigenvalue weighted by molar-refractivity contribution is -0.118. The molecule has 120 valence electrons. The van der Waals surface area contributed by atoms with Crippen LogP contribution in [0.4, 0.5) is 0 Å². The zero-order valence-corrected chi connectivity index (χ0v) is 15.2. The molecule has 7 heteroatoms. The Morgan fingerprint density at radius 1 is 1.32 bits per heavy atom. The van der Waals surface area contributed by atoms with E-state index in [4.69, 9.17) is 23.2 Å². The maximum absolute atomic E-state index is 11.1. The van der Waals surface area contributed by atoms with Gasteiger partial charge in [-0.15, -0.1) is 0 Å². The number of aryl methyl sites for hydroxylation is 1. The van der Waals surface area contributed by atoms with Crippen LogP contribution in [-0.4, -0.2) is 28.0 Å². The van der Waals surface area contributed by atoms with Crippen molar-refractivity contribution in [3.05, 3.63) is 34.4 Å². The van der Waals surface area contributed by atoms with Gasteiger partial charge in [-0.05, 0) is 31.0 Å². The van der Waals surface area contributed by atoms with Gasteiger partial charge < -0.3 is 9.88 Å². The van der Waals surface area contributed by atoms with Crippen molar-refractivity contribution in [3.63, 3.8) is 0 Å². The molecule has 1 aromatic heterocycles. The van der Waals surface area contributed by atoms with Crippen molar-refractivity contribution in [2.24, 2.45) is 0 Å². The fourth-order valence-electron chi connectivity index (χ4n) is 2.27. The lowest BCUT2D eigenvalue weighted by Crippen LogP contribution is -2.30. The summed E-state index contributed by atoms with van der Waals surface area (Å²) in [5.41, 5.74) is 1.08. The molecule has 2 rings (SSSR count). The average Bonchev–Trinajstić information content (AvgIpc) is 2.87. The lowest BCUT2D eigenvalue weighted by atomic mass is 10.2. The number of carbonyl (C=O) groups excluding carboxylic acids is 1. The van der Waals surface area contributed by atoms with E-state index < -0.39 is 0 Å². The Bertz CT molecular complexity index is 660. The third-order valence-electron chi connectivity index (χ3n) is 3.43. The van der Waals surface area contributed by atoms with Gasteiger partial charge in [-0.25, -0.2) is 0 Å². The molecule has 0 bridgehead atoms. The number of carbonyl (C=O) groups is 1. The van der Waals surface area contributed by atoms with Gasteiger partial charge in [-0.3, -0.25) is 4.79 Å². The molecule has 0 saturated carbocycles. The third-order valence-corrected chi connectivity index (χ3v) is 4.88. The van der Waals surface area contributed by atoms with Crippen LogP contribution in [-0.2, 0) is 11.3 Å². The molecule has 3 nitrogen and oxygen atoms in total. The van der Waals surface area contributed by atoms with Crippen molar-refractivity contribution in [2.45, 2.75) is 24.6 Å². The van der Waals surface area contributed by atoms with Gasteiger partial charge in [-0.2, -0.15) is 25.3 Å². The standard InChI is InChI=1S/C15H18Cl2N2OS2/c16-12-6-10-3-5-19(14(10)7-13(12)17)4-1-2-11(22)8-18-15(20)9-21/h3,5-7,11,21-22H,1-2,4,8-9H2,(H,18,20). The van der Waals surface area contributed by atoms with E-state index in [0.29, 0.717) is 16.6 Å².